The average Bonchev–Trinajstić information content (AvgIpc) is 2.81. The van der Waals surface area contributed by atoms with Gasteiger partial charge in [0.2, 0.25) is 5.91 Å². The molecule has 1 unspecified atom stereocenters. The Labute approximate surface area is 198 Å². The Morgan fingerprint density at radius 3 is 2.18 bits per heavy atom. The fraction of sp³-hybridized carbons (Fsp3) is 0.200. The second kappa shape index (κ2) is 11.4. The summed E-state index contributed by atoms with van der Waals surface area (Å²) in [4.78, 5) is 24.8. The molecule has 2 N–H and O–H groups in total. The fourth-order valence-electron chi connectivity index (χ4n) is 3.24. The van der Waals surface area contributed by atoms with Gasteiger partial charge in [0.15, 0.2) is 0 Å². The molecule has 0 aromatic heterocycles. The largest absolute Gasteiger partial charge is 0.464 e. The topological polar surface area (TPSA) is 102 Å². The van der Waals surface area contributed by atoms with Crippen LogP contribution >= 0.6 is 0 Å². The molecule has 0 bridgehead atoms. The zero-order valence-electron chi connectivity index (χ0n) is 18.5. The van der Waals surface area contributed by atoms with Crippen LogP contribution in [-0.4, -0.2) is 32.9 Å². The minimum Gasteiger partial charge on any atom is -0.464 e. The van der Waals surface area contributed by atoms with Crippen LogP contribution in [0.25, 0.3) is 0 Å². The lowest BCUT2D eigenvalue weighted by molar-refractivity contribution is -0.147. The van der Waals surface area contributed by atoms with Gasteiger partial charge in [-0.15, -0.1) is 0 Å². The standard InChI is InChI=1S/C25H25FN2O5S/c1-2-33-25(30)23(16-18-6-4-3-5-7-18)27-24(29)17-19-8-12-21(13-9-19)28-34(31,32)22-14-10-20(26)11-15-22/h3-15,23,28H,2,16-17H2,1H3,(H,27,29). The highest BCUT2D eigenvalue weighted by Crippen LogP contribution is 2.17. The van der Waals surface area contributed by atoms with Crippen molar-refractivity contribution in [1.82, 2.24) is 5.32 Å². The third-order valence-corrected chi connectivity index (χ3v) is 6.28. The van der Waals surface area contributed by atoms with E-state index in [0.29, 0.717) is 17.7 Å². The number of hydrogen-bond acceptors (Lipinski definition) is 5. The maximum atomic E-state index is 13.0. The normalized spacial score (nSPS) is 11.9. The molecule has 9 heteroatoms. The third-order valence-electron chi connectivity index (χ3n) is 4.88. The molecular formula is C25H25FN2O5S. The molecule has 3 aromatic carbocycles. The molecule has 0 aliphatic heterocycles. The van der Waals surface area contributed by atoms with Gasteiger partial charge in [-0.05, 0) is 54.4 Å². The lowest BCUT2D eigenvalue weighted by atomic mass is 10.1. The van der Waals surface area contributed by atoms with E-state index < -0.39 is 27.9 Å². The van der Waals surface area contributed by atoms with Gasteiger partial charge in [-0.1, -0.05) is 42.5 Å². The molecule has 178 valence electrons. The summed E-state index contributed by atoms with van der Waals surface area (Å²) in [7, 11) is -3.87. The lowest BCUT2D eigenvalue weighted by Gasteiger charge is -2.17. The molecule has 0 saturated carbocycles. The Morgan fingerprint density at radius 1 is 0.912 bits per heavy atom. The molecule has 3 aromatic rings. The number of halogens is 1. The van der Waals surface area contributed by atoms with E-state index in [4.69, 9.17) is 4.74 Å². The van der Waals surface area contributed by atoms with E-state index in [-0.39, 0.29) is 23.8 Å². The zero-order chi connectivity index (χ0) is 24.6. The molecule has 34 heavy (non-hydrogen) atoms. The number of sulfonamides is 1. The monoisotopic (exact) mass is 484 g/mol. The molecule has 1 atom stereocenters. The Morgan fingerprint density at radius 2 is 1.56 bits per heavy atom. The summed E-state index contributed by atoms with van der Waals surface area (Å²) in [6.07, 6.45) is 0.297. The predicted octanol–water partition coefficient (Wildman–Crippen LogP) is 3.46. The van der Waals surface area contributed by atoms with Crippen molar-refractivity contribution in [2.24, 2.45) is 0 Å². The molecule has 0 aliphatic carbocycles. The van der Waals surface area contributed by atoms with E-state index in [1.54, 1.807) is 19.1 Å². The Balaban J connectivity index is 1.62. The van der Waals surface area contributed by atoms with Crippen molar-refractivity contribution in [1.29, 1.82) is 0 Å². The summed E-state index contributed by atoms with van der Waals surface area (Å²) in [5.74, 6) is -1.41. The van der Waals surface area contributed by atoms with Gasteiger partial charge in [0.25, 0.3) is 10.0 Å². The molecule has 0 radical (unpaired) electrons. The van der Waals surface area contributed by atoms with Crippen LogP contribution in [0.2, 0.25) is 0 Å². The summed E-state index contributed by atoms with van der Waals surface area (Å²) in [6, 6.07) is 19.2. The number of amides is 1. The minimum atomic E-state index is -3.87. The Hall–Kier alpha value is -3.72. The third kappa shape index (κ3) is 7.14. The maximum Gasteiger partial charge on any atom is 0.328 e. The van der Waals surface area contributed by atoms with Gasteiger partial charge >= 0.3 is 5.97 Å². The lowest BCUT2D eigenvalue weighted by Crippen LogP contribution is -2.44. The SMILES string of the molecule is CCOC(=O)C(Cc1ccccc1)NC(=O)Cc1ccc(NS(=O)(=O)c2ccc(F)cc2)cc1. The van der Waals surface area contributed by atoms with Crippen LogP contribution in [-0.2, 0) is 37.2 Å². The number of carbonyl (C=O) groups excluding carboxylic acids is 2. The molecule has 0 aliphatic rings. The first-order chi connectivity index (χ1) is 16.3. The van der Waals surface area contributed by atoms with Crippen LogP contribution in [0.1, 0.15) is 18.1 Å². The average molecular weight is 485 g/mol. The number of hydrogen-bond donors (Lipinski definition) is 2. The summed E-state index contributed by atoms with van der Waals surface area (Å²) < 4.78 is 45.4. The van der Waals surface area contributed by atoms with Gasteiger partial charge < -0.3 is 10.1 Å². The first kappa shape index (κ1) is 24.9. The van der Waals surface area contributed by atoms with Gasteiger partial charge in [-0.3, -0.25) is 9.52 Å². The molecule has 0 heterocycles. The number of anilines is 1. The van der Waals surface area contributed by atoms with Crippen molar-refractivity contribution < 1.29 is 27.1 Å². The van der Waals surface area contributed by atoms with Gasteiger partial charge in [0.05, 0.1) is 17.9 Å². The molecule has 0 spiro atoms. The van der Waals surface area contributed by atoms with Crippen molar-refractivity contribution in [3.63, 3.8) is 0 Å². The van der Waals surface area contributed by atoms with Crippen LogP contribution in [0.3, 0.4) is 0 Å². The highest BCUT2D eigenvalue weighted by Gasteiger charge is 2.22. The molecular weight excluding hydrogens is 459 g/mol. The van der Waals surface area contributed by atoms with Crippen LogP contribution in [0.15, 0.2) is 83.8 Å². The predicted molar refractivity (Wildman–Crippen MR) is 126 cm³/mol. The second-order valence-electron chi connectivity index (χ2n) is 7.49. The number of benzene rings is 3. The van der Waals surface area contributed by atoms with Gasteiger partial charge in [-0.25, -0.2) is 17.6 Å². The first-order valence-electron chi connectivity index (χ1n) is 10.6. The number of carbonyl (C=O) groups is 2. The molecule has 7 nitrogen and oxygen atoms in total. The summed E-state index contributed by atoms with van der Waals surface area (Å²) in [5.41, 5.74) is 1.81. The fourth-order valence-corrected chi connectivity index (χ4v) is 4.29. The highest BCUT2D eigenvalue weighted by molar-refractivity contribution is 7.92. The van der Waals surface area contributed by atoms with E-state index in [1.807, 2.05) is 30.3 Å². The van der Waals surface area contributed by atoms with Crippen LogP contribution in [0.5, 0.6) is 0 Å². The molecule has 0 saturated heterocycles. The minimum absolute atomic E-state index is 0.00428. The van der Waals surface area contributed by atoms with E-state index in [2.05, 4.69) is 10.0 Å². The molecule has 3 rings (SSSR count). The number of nitrogens with one attached hydrogen (secondary N) is 2. The van der Waals surface area contributed by atoms with E-state index in [9.17, 15) is 22.4 Å². The van der Waals surface area contributed by atoms with Gasteiger partial charge in [-0.2, -0.15) is 0 Å². The van der Waals surface area contributed by atoms with E-state index >= 15 is 0 Å². The van der Waals surface area contributed by atoms with Crippen molar-refractivity contribution in [2.75, 3.05) is 11.3 Å². The summed E-state index contributed by atoms with van der Waals surface area (Å²) in [6.45, 7) is 1.90. The van der Waals surface area contributed by atoms with Crippen molar-refractivity contribution >= 4 is 27.6 Å². The molecule has 1 amide bonds. The maximum absolute atomic E-state index is 13.0. The number of esters is 1. The Bertz CT molecular complexity index is 1210. The smallest absolute Gasteiger partial charge is 0.328 e. The number of rotatable bonds is 10. The highest BCUT2D eigenvalue weighted by atomic mass is 32.2. The quantitative estimate of drug-likeness (QED) is 0.429. The second-order valence-corrected chi connectivity index (χ2v) is 9.18. The number of ether oxygens (including phenoxy) is 1. The zero-order valence-corrected chi connectivity index (χ0v) is 19.3. The molecule has 0 fully saturated rings. The Kier molecular flexibility index (Phi) is 8.37. The summed E-state index contributed by atoms with van der Waals surface area (Å²) >= 11 is 0. The van der Waals surface area contributed by atoms with Crippen molar-refractivity contribution in [3.8, 4) is 0 Å². The van der Waals surface area contributed by atoms with E-state index in [0.717, 1.165) is 17.7 Å². The van der Waals surface area contributed by atoms with Crippen LogP contribution in [0, 0.1) is 5.82 Å². The van der Waals surface area contributed by atoms with Gasteiger partial charge in [0.1, 0.15) is 11.9 Å². The van der Waals surface area contributed by atoms with Crippen LogP contribution in [0.4, 0.5) is 10.1 Å². The van der Waals surface area contributed by atoms with Crippen molar-refractivity contribution in [3.05, 3.63) is 95.8 Å². The first-order valence-corrected chi connectivity index (χ1v) is 12.1. The summed E-state index contributed by atoms with van der Waals surface area (Å²) in [5, 5.41) is 2.72. The van der Waals surface area contributed by atoms with Gasteiger partial charge in [0, 0.05) is 12.1 Å². The van der Waals surface area contributed by atoms with Crippen molar-refractivity contribution in [2.45, 2.75) is 30.7 Å². The van der Waals surface area contributed by atoms with E-state index in [1.165, 1.54) is 24.3 Å². The van der Waals surface area contributed by atoms with Crippen LogP contribution < -0.4 is 10.0 Å².